The van der Waals surface area contributed by atoms with Crippen molar-refractivity contribution in [2.45, 2.75) is 31.4 Å². The smallest absolute Gasteiger partial charge is 0.303 e. The lowest BCUT2D eigenvalue weighted by Crippen LogP contribution is -2.19. The molecule has 1 rings (SSSR count). The maximum Gasteiger partial charge on any atom is 0.303 e. The molecule has 19 heavy (non-hydrogen) atoms. The SMILES string of the molecule is N[C@@H](/C=C/[C@@H](O)Cc1ccc(F)cc1)CCC(=O)O. The van der Waals surface area contributed by atoms with Crippen LogP contribution in [0.1, 0.15) is 18.4 Å². The summed E-state index contributed by atoms with van der Waals surface area (Å²) in [4.78, 5) is 10.4. The van der Waals surface area contributed by atoms with Gasteiger partial charge < -0.3 is 15.9 Å². The molecule has 104 valence electrons. The van der Waals surface area contributed by atoms with Crippen LogP contribution in [0.15, 0.2) is 36.4 Å². The molecule has 1 aromatic carbocycles. The highest BCUT2D eigenvalue weighted by atomic mass is 19.1. The molecule has 5 heteroatoms. The van der Waals surface area contributed by atoms with E-state index in [1.165, 1.54) is 18.2 Å². The minimum absolute atomic E-state index is 0.000433. The summed E-state index contributed by atoms with van der Waals surface area (Å²) in [7, 11) is 0. The third-order valence-corrected chi connectivity index (χ3v) is 2.63. The molecule has 0 amide bonds. The molecule has 0 radical (unpaired) electrons. The number of rotatable bonds is 7. The van der Waals surface area contributed by atoms with Crippen molar-refractivity contribution in [2.24, 2.45) is 5.73 Å². The van der Waals surface area contributed by atoms with Gasteiger partial charge in [-0.2, -0.15) is 0 Å². The predicted molar refractivity (Wildman–Crippen MR) is 70.1 cm³/mol. The number of aliphatic carboxylic acids is 1. The predicted octanol–water partition coefficient (Wildman–Crippen LogP) is 1.48. The van der Waals surface area contributed by atoms with E-state index in [9.17, 15) is 14.3 Å². The first-order chi connectivity index (χ1) is 8.97. The molecule has 0 saturated carbocycles. The molecule has 0 fully saturated rings. The molecule has 0 aliphatic heterocycles. The Bertz CT molecular complexity index is 431. The van der Waals surface area contributed by atoms with Crippen LogP contribution in [-0.2, 0) is 11.2 Å². The number of carboxylic acid groups (broad SMARTS) is 1. The highest BCUT2D eigenvalue weighted by Crippen LogP contribution is 2.07. The normalized spacial score (nSPS) is 14.5. The summed E-state index contributed by atoms with van der Waals surface area (Å²) in [6.07, 6.45) is 3.10. The van der Waals surface area contributed by atoms with Crippen LogP contribution >= 0.6 is 0 Å². The minimum atomic E-state index is -0.893. The summed E-state index contributed by atoms with van der Waals surface area (Å²) in [5.74, 6) is -1.21. The summed E-state index contributed by atoms with van der Waals surface area (Å²) in [5.41, 5.74) is 6.49. The molecule has 4 nitrogen and oxygen atoms in total. The van der Waals surface area contributed by atoms with Crippen molar-refractivity contribution in [3.05, 3.63) is 47.8 Å². The van der Waals surface area contributed by atoms with Gasteiger partial charge in [-0.25, -0.2) is 4.39 Å². The van der Waals surface area contributed by atoms with Crippen LogP contribution in [-0.4, -0.2) is 28.3 Å². The molecule has 0 bridgehead atoms. The van der Waals surface area contributed by atoms with Crippen LogP contribution in [0.4, 0.5) is 4.39 Å². The zero-order valence-corrected chi connectivity index (χ0v) is 10.5. The van der Waals surface area contributed by atoms with Gasteiger partial charge in [0.15, 0.2) is 0 Å². The van der Waals surface area contributed by atoms with Crippen molar-refractivity contribution in [3.8, 4) is 0 Å². The van der Waals surface area contributed by atoms with Gasteiger partial charge in [-0.3, -0.25) is 4.79 Å². The molecule has 0 aliphatic carbocycles. The van der Waals surface area contributed by atoms with Gasteiger partial charge in [-0.1, -0.05) is 24.3 Å². The van der Waals surface area contributed by atoms with Gasteiger partial charge in [0.1, 0.15) is 5.82 Å². The van der Waals surface area contributed by atoms with Crippen LogP contribution in [0.5, 0.6) is 0 Å². The van der Waals surface area contributed by atoms with Gasteiger partial charge in [0.2, 0.25) is 0 Å². The third kappa shape index (κ3) is 6.69. The minimum Gasteiger partial charge on any atom is -0.481 e. The second-order valence-corrected chi connectivity index (χ2v) is 4.38. The fourth-order valence-corrected chi connectivity index (χ4v) is 1.59. The van der Waals surface area contributed by atoms with E-state index >= 15 is 0 Å². The van der Waals surface area contributed by atoms with Crippen molar-refractivity contribution >= 4 is 5.97 Å². The van der Waals surface area contributed by atoms with Gasteiger partial charge in [0.25, 0.3) is 0 Å². The van der Waals surface area contributed by atoms with E-state index in [0.29, 0.717) is 12.8 Å². The average molecular weight is 267 g/mol. The van der Waals surface area contributed by atoms with Crippen LogP contribution < -0.4 is 5.73 Å². The number of hydrogen-bond donors (Lipinski definition) is 3. The number of benzene rings is 1. The lowest BCUT2D eigenvalue weighted by atomic mass is 10.1. The number of carbonyl (C=O) groups is 1. The van der Waals surface area contributed by atoms with E-state index in [0.717, 1.165) is 5.56 Å². The summed E-state index contributed by atoms with van der Waals surface area (Å²) in [6, 6.07) is 5.50. The Morgan fingerprint density at radius 3 is 2.53 bits per heavy atom. The Morgan fingerprint density at radius 2 is 1.95 bits per heavy atom. The van der Waals surface area contributed by atoms with E-state index in [2.05, 4.69) is 0 Å². The lowest BCUT2D eigenvalue weighted by Gasteiger charge is -2.08. The number of hydrogen-bond acceptors (Lipinski definition) is 3. The topological polar surface area (TPSA) is 83.5 Å². The Balaban J connectivity index is 2.39. The van der Waals surface area contributed by atoms with E-state index in [-0.39, 0.29) is 18.3 Å². The molecule has 1 aromatic rings. The second kappa shape index (κ2) is 7.66. The average Bonchev–Trinajstić information content (AvgIpc) is 2.36. The van der Waals surface area contributed by atoms with Gasteiger partial charge >= 0.3 is 5.97 Å². The van der Waals surface area contributed by atoms with E-state index in [1.807, 2.05) is 0 Å². The van der Waals surface area contributed by atoms with Crippen molar-refractivity contribution in [3.63, 3.8) is 0 Å². The molecular formula is C14H18FNO3. The molecular weight excluding hydrogens is 249 g/mol. The monoisotopic (exact) mass is 267 g/mol. The maximum atomic E-state index is 12.7. The van der Waals surface area contributed by atoms with Crippen LogP contribution in [0.2, 0.25) is 0 Å². The molecule has 0 aromatic heterocycles. The van der Waals surface area contributed by atoms with Crippen LogP contribution in [0.3, 0.4) is 0 Å². The van der Waals surface area contributed by atoms with Gasteiger partial charge in [-0.05, 0) is 24.1 Å². The Morgan fingerprint density at radius 1 is 1.32 bits per heavy atom. The second-order valence-electron chi connectivity index (χ2n) is 4.38. The Hall–Kier alpha value is -1.72. The Labute approximate surface area is 111 Å². The van der Waals surface area contributed by atoms with Crippen molar-refractivity contribution < 1.29 is 19.4 Å². The molecule has 0 spiro atoms. The fourth-order valence-electron chi connectivity index (χ4n) is 1.59. The van der Waals surface area contributed by atoms with Crippen LogP contribution in [0.25, 0.3) is 0 Å². The van der Waals surface area contributed by atoms with E-state index < -0.39 is 12.1 Å². The summed E-state index contributed by atoms with van der Waals surface area (Å²) in [5, 5.41) is 18.2. The number of carboxylic acids is 1. The quantitative estimate of drug-likeness (QED) is 0.653. The number of aliphatic hydroxyl groups is 1. The van der Waals surface area contributed by atoms with Gasteiger partial charge in [0, 0.05) is 18.9 Å². The summed E-state index contributed by atoms with van der Waals surface area (Å²) >= 11 is 0. The lowest BCUT2D eigenvalue weighted by molar-refractivity contribution is -0.137. The molecule has 4 N–H and O–H groups in total. The molecule has 0 heterocycles. The van der Waals surface area contributed by atoms with E-state index in [1.54, 1.807) is 18.2 Å². The molecule has 0 saturated heterocycles. The number of halogens is 1. The Kier molecular flexibility index (Phi) is 6.18. The largest absolute Gasteiger partial charge is 0.481 e. The maximum absolute atomic E-state index is 12.7. The van der Waals surface area contributed by atoms with E-state index in [4.69, 9.17) is 10.8 Å². The first-order valence-electron chi connectivity index (χ1n) is 6.05. The zero-order chi connectivity index (χ0) is 14.3. The molecule has 2 atom stereocenters. The van der Waals surface area contributed by atoms with Gasteiger partial charge in [-0.15, -0.1) is 0 Å². The fraction of sp³-hybridized carbons (Fsp3) is 0.357. The van der Waals surface area contributed by atoms with Crippen molar-refractivity contribution in [1.29, 1.82) is 0 Å². The highest BCUT2D eigenvalue weighted by Gasteiger charge is 2.05. The van der Waals surface area contributed by atoms with Crippen molar-refractivity contribution in [1.82, 2.24) is 0 Å². The molecule has 0 unspecified atom stereocenters. The number of aliphatic hydroxyl groups excluding tert-OH is 1. The summed E-state index contributed by atoms with van der Waals surface area (Å²) < 4.78 is 12.7. The third-order valence-electron chi connectivity index (χ3n) is 2.63. The number of nitrogens with two attached hydrogens (primary N) is 1. The standard InChI is InChI=1S/C14H18FNO3/c15-11-3-1-10(2-4-11)9-13(17)7-5-12(16)6-8-14(18)19/h1-5,7,12-13,17H,6,8-9,16H2,(H,18,19)/b7-5+/t12-,13+/m0/s1. The summed E-state index contributed by atoms with van der Waals surface area (Å²) in [6.45, 7) is 0. The van der Waals surface area contributed by atoms with Gasteiger partial charge in [0.05, 0.1) is 6.10 Å². The first-order valence-corrected chi connectivity index (χ1v) is 6.05. The van der Waals surface area contributed by atoms with Crippen molar-refractivity contribution in [2.75, 3.05) is 0 Å². The first kappa shape index (κ1) is 15.3. The van der Waals surface area contributed by atoms with Crippen LogP contribution in [0, 0.1) is 5.82 Å². The zero-order valence-electron chi connectivity index (χ0n) is 10.5. The molecule has 0 aliphatic rings. The highest BCUT2D eigenvalue weighted by molar-refractivity contribution is 5.66.